The average Bonchev–Trinajstić information content (AvgIpc) is 2.61. The number of carbonyl (C=O) groups is 1. The van der Waals surface area contributed by atoms with Gasteiger partial charge in [-0.25, -0.2) is 17.7 Å². The molecule has 0 radical (unpaired) electrons. The van der Waals surface area contributed by atoms with Crippen LogP contribution in [0.1, 0.15) is 17.3 Å². The molecule has 1 aliphatic rings. The monoisotopic (exact) mass is 395 g/mol. The number of sulfonamides is 1. The van der Waals surface area contributed by atoms with Crippen LogP contribution in [0.5, 0.6) is 5.75 Å². The zero-order chi connectivity index (χ0) is 19.1. The van der Waals surface area contributed by atoms with Crippen LogP contribution >= 0.6 is 11.6 Å². The fourth-order valence-corrected chi connectivity index (χ4v) is 3.63. The van der Waals surface area contributed by atoms with Gasteiger partial charge in [-0.2, -0.15) is 0 Å². The molecule has 2 heterocycles. The number of hydrogen-bond acceptors (Lipinski definition) is 5. The molecule has 9 heteroatoms. The molecule has 0 saturated heterocycles. The van der Waals surface area contributed by atoms with Crippen LogP contribution in [-0.2, 0) is 10.0 Å². The number of carbonyl (C=O) groups excluding carboxylic acids is 1. The Balaban J connectivity index is 1.95. The van der Waals surface area contributed by atoms with Crippen LogP contribution in [0.2, 0.25) is 5.02 Å². The largest absolute Gasteiger partial charge is 0.485 e. The van der Waals surface area contributed by atoms with Gasteiger partial charge in [0.1, 0.15) is 6.10 Å². The maximum atomic E-state index is 12.9. The first-order valence-corrected chi connectivity index (χ1v) is 9.69. The van der Waals surface area contributed by atoms with Crippen molar-refractivity contribution in [2.24, 2.45) is 0 Å². The number of ether oxygens (including phenoxy) is 1. The second kappa shape index (κ2) is 6.86. The van der Waals surface area contributed by atoms with E-state index in [0.717, 1.165) is 4.31 Å². The second-order valence-electron chi connectivity index (χ2n) is 6.10. The summed E-state index contributed by atoms with van der Waals surface area (Å²) in [7, 11) is -0.802. The zero-order valence-corrected chi connectivity index (χ0v) is 16.1. The van der Waals surface area contributed by atoms with Gasteiger partial charge in [-0.3, -0.25) is 4.79 Å². The number of nitrogens with zero attached hydrogens (tertiary/aromatic N) is 3. The number of pyridine rings is 1. The highest BCUT2D eigenvalue weighted by Gasteiger charge is 2.30. The summed E-state index contributed by atoms with van der Waals surface area (Å²) in [5, 5.41) is 0.315. The molecular formula is C17H18ClN3O4S. The zero-order valence-electron chi connectivity index (χ0n) is 14.5. The summed E-state index contributed by atoms with van der Waals surface area (Å²) in [5.41, 5.74) is 0.855. The summed E-state index contributed by atoms with van der Waals surface area (Å²) >= 11 is 6.18. The van der Waals surface area contributed by atoms with E-state index in [4.69, 9.17) is 16.3 Å². The molecule has 1 aromatic heterocycles. The molecular weight excluding hydrogens is 378 g/mol. The van der Waals surface area contributed by atoms with E-state index in [1.807, 2.05) is 6.92 Å². The summed E-state index contributed by atoms with van der Waals surface area (Å²) in [4.78, 5) is 18.4. The van der Waals surface area contributed by atoms with Gasteiger partial charge in [0.25, 0.3) is 15.9 Å². The van der Waals surface area contributed by atoms with Gasteiger partial charge in [0, 0.05) is 20.3 Å². The Morgan fingerprint density at radius 2 is 2.04 bits per heavy atom. The Bertz CT molecular complexity index is 945. The highest BCUT2D eigenvalue weighted by Crippen LogP contribution is 2.39. The van der Waals surface area contributed by atoms with Crippen LogP contribution < -0.4 is 9.64 Å². The SMILES string of the molecule is CC1CN(C(=O)c2ccc(S(=O)(=O)N(C)C)nc2)c2cccc(Cl)c2O1. The Morgan fingerprint density at radius 1 is 1.31 bits per heavy atom. The fourth-order valence-electron chi connectivity index (χ4n) is 2.62. The smallest absolute Gasteiger partial charge is 0.260 e. The third-order valence-corrected chi connectivity index (χ3v) is 6.00. The lowest BCUT2D eigenvalue weighted by atomic mass is 10.1. The molecule has 1 amide bonds. The van der Waals surface area contributed by atoms with E-state index in [2.05, 4.69) is 4.98 Å². The molecule has 26 heavy (non-hydrogen) atoms. The van der Waals surface area contributed by atoms with Crippen LogP contribution in [0, 0.1) is 0 Å². The number of fused-ring (bicyclic) bond motifs is 1. The predicted molar refractivity (Wildman–Crippen MR) is 98.3 cm³/mol. The van der Waals surface area contributed by atoms with E-state index in [1.54, 1.807) is 23.1 Å². The fraction of sp³-hybridized carbons (Fsp3) is 0.294. The molecule has 7 nitrogen and oxygen atoms in total. The lowest BCUT2D eigenvalue weighted by molar-refractivity contribution is 0.0960. The van der Waals surface area contributed by atoms with Gasteiger partial charge >= 0.3 is 0 Å². The number of halogens is 1. The molecule has 0 spiro atoms. The van der Waals surface area contributed by atoms with Crippen LogP contribution in [0.3, 0.4) is 0 Å². The Labute approximate surface area is 157 Å². The van der Waals surface area contributed by atoms with Gasteiger partial charge in [-0.1, -0.05) is 17.7 Å². The maximum Gasteiger partial charge on any atom is 0.260 e. The third-order valence-electron chi connectivity index (χ3n) is 3.97. The first kappa shape index (κ1) is 18.6. The van der Waals surface area contributed by atoms with E-state index in [-0.39, 0.29) is 22.6 Å². The molecule has 1 unspecified atom stereocenters. The minimum absolute atomic E-state index is 0.113. The van der Waals surface area contributed by atoms with Crippen molar-refractivity contribution in [3.63, 3.8) is 0 Å². The molecule has 0 N–H and O–H groups in total. The quantitative estimate of drug-likeness (QED) is 0.797. The summed E-state index contributed by atoms with van der Waals surface area (Å²) in [6, 6.07) is 7.97. The Morgan fingerprint density at radius 3 is 2.65 bits per heavy atom. The number of anilines is 1. The molecule has 0 bridgehead atoms. The maximum absolute atomic E-state index is 12.9. The van der Waals surface area contributed by atoms with Crippen molar-refractivity contribution in [3.8, 4) is 5.75 Å². The van der Waals surface area contributed by atoms with Crippen molar-refractivity contribution < 1.29 is 17.9 Å². The summed E-state index contributed by atoms with van der Waals surface area (Å²) in [6.07, 6.45) is 1.04. The molecule has 2 aromatic rings. The number of benzene rings is 1. The molecule has 0 aliphatic carbocycles. The Kier molecular flexibility index (Phi) is 4.92. The topological polar surface area (TPSA) is 79.8 Å². The molecule has 0 fully saturated rings. The summed E-state index contributed by atoms with van der Waals surface area (Å²) in [5.74, 6) is 0.158. The first-order chi connectivity index (χ1) is 12.2. The standard InChI is InChI=1S/C17H18ClN3O4S/c1-11-10-21(14-6-4-5-13(18)16(14)25-11)17(22)12-7-8-15(19-9-12)26(23,24)20(2)3/h4-9,11H,10H2,1-3H3. The number of rotatable bonds is 3. The van der Waals surface area contributed by atoms with Crippen LogP contribution in [0.25, 0.3) is 0 Å². The van der Waals surface area contributed by atoms with Gasteiger partial charge in [-0.05, 0) is 31.2 Å². The van der Waals surface area contributed by atoms with Gasteiger partial charge in [0.05, 0.1) is 22.8 Å². The number of aromatic nitrogens is 1. The third kappa shape index (κ3) is 3.27. The predicted octanol–water partition coefficient (Wildman–Crippen LogP) is 2.41. The van der Waals surface area contributed by atoms with Crippen molar-refractivity contribution in [2.45, 2.75) is 18.1 Å². The lowest BCUT2D eigenvalue weighted by Gasteiger charge is -2.33. The molecule has 3 rings (SSSR count). The van der Waals surface area contributed by atoms with Crippen molar-refractivity contribution in [1.29, 1.82) is 0 Å². The van der Waals surface area contributed by atoms with E-state index in [1.165, 1.54) is 32.4 Å². The molecule has 1 atom stereocenters. The van der Waals surface area contributed by atoms with Gasteiger partial charge in [0.2, 0.25) is 0 Å². The minimum Gasteiger partial charge on any atom is -0.485 e. The van der Waals surface area contributed by atoms with Gasteiger partial charge in [-0.15, -0.1) is 0 Å². The van der Waals surface area contributed by atoms with Gasteiger partial charge in [0.15, 0.2) is 10.8 Å². The lowest BCUT2D eigenvalue weighted by Crippen LogP contribution is -2.42. The van der Waals surface area contributed by atoms with Crippen LogP contribution in [-0.4, -0.2) is 50.4 Å². The van der Waals surface area contributed by atoms with E-state index in [9.17, 15) is 13.2 Å². The summed E-state index contributed by atoms with van der Waals surface area (Å²) in [6.45, 7) is 2.20. The van der Waals surface area contributed by atoms with E-state index >= 15 is 0 Å². The highest BCUT2D eigenvalue weighted by atomic mass is 35.5. The number of hydrogen-bond donors (Lipinski definition) is 0. The Hall–Kier alpha value is -2.16. The van der Waals surface area contributed by atoms with Crippen LogP contribution in [0.4, 0.5) is 5.69 Å². The van der Waals surface area contributed by atoms with Crippen molar-refractivity contribution in [1.82, 2.24) is 9.29 Å². The van der Waals surface area contributed by atoms with E-state index in [0.29, 0.717) is 23.0 Å². The van der Waals surface area contributed by atoms with Gasteiger partial charge < -0.3 is 9.64 Å². The first-order valence-electron chi connectivity index (χ1n) is 7.87. The van der Waals surface area contributed by atoms with Crippen molar-refractivity contribution >= 4 is 33.2 Å². The second-order valence-corrected chi connectivity index (χ2v) is 8.61. The average molecular weight is 396 g/mol. The van der Waals surface area contributed by atoms with Crippen LogP contribution in [0.15, 0.2) is 41.6 Å². The molecule has 138 valence electrons. The highest BCUT2D eigenvalue weighted by molar-refractivity contribution is 7.89. The van der Waals surface area contributed by atoms with Crippen molar-refractivity contribution in [3.05, 3.63) is 47.1 Å². The number of amides is 1. The van der Waals surface area contributed by atoms with Crippen molar-refractivity contribution in [2.75, 3.05) is 25.5 Å². The van der Waals surface area contributed by atoms with E-state index < -0.39 is 10.0 Å². The number of para-hydroxylation sites is 1. The summed E-state index contributed by atoms with van der Waals surface area (Å²) < 4.78 is 31.0. The molecule has 0 saturated carbocycles. The molecule has 1 aromatic carbocycles. The molecule has 1 aliphatic heterocycles. The normalized spacial score (nSPS) is 17.0. The minimum atomic E-state index is -3.65.